The summed E-state index contributed by atoms with van der Waals surface area (Å²) in [5, 5.41) is 8.37. The van der Waals surface area contributed by atoms with E-state index in [0.717, 1.165) is 33.5 Å². The van der Waals surface area contributed by atoms with Gasteiger partial charge in [0, 0.05) is 28.9 Å². The lowest BCUT2D eigenvalue weighted by Crippen LogP contribution is -2.20. The Balaban J connectivity index is 1.53. The second-order valence-electron chi connectivity index (χ2n) is 7.33. The molecule has 2 aromatic heterocycles. The van der Waals surface area contributed by atoms with Crippen LogP contribution in [0.4, 0.5) is 13.2 Å². The normalized spacial score (nSPS) is 11.8. The molecule has 0 spiro atoms. The first-order chi connectivity index (χ1) is 15.9. The molecular weight excluding hydrogens is 451 g/mol. The fraction of sp³-hybridized carbons (Fsp3) is 0.261. The molecule has 0 unspecified atom stereocenters. The Kier molecular flexibility index (Phi) is 7.14. The van der Waals surface area contributed by atoms with Crippen molar-refractivity contribution in [3.8, 4) is 5.88 Å². The lowest BCUT2D eigenvalue weighted by molar-refractivity contribution is -0.137. The van der Waals surface area contributed by atoms with E-state index < -0.39 is 11.7 Å². The van der Waals surface area contributed by atoms with Crippen molar-refractivity contribution in [3.05, 3.63) is 77.9 Å². The number of fused-ring (bicyclic) bond motifs is 1. The van der Waals surface area contributed by atoms with Crippen molar-refractivity contribution in [2.75, 3.05) is 12.8 Å². The van der Waals surface area contributed by atoms with Crippen LogP contribution >= 0.6 is 11.8 Å². The zero-order valence-corrected chi connectivity index (χ0v) is 18.7. The maximum absolute atomic E-state index is 13.0. The zero-order chi connectivity index (χ0) is 23.3. The molecule has 0 bridgehead atoms. The average Bonchev–Trinajstić information content (AvgIpc) is 3.33. The lowest BCUT2D eigenvalue weighted by atomic mass is 10.1. The molecule has 2 heterocycles. The van der Waals surface area contributed by atoms with Crippen molar-refractivity contribution >= 4 is 22.7 Å². The first kappa shape index (κ1) is 23.1. The van der Waals surface area contributed by atoms with Gasteiger partial charge in [-0.2, -0.15) is 18.3 Å². The molecule has 172 valence electrons. The molecule has 2 aromatic carbocycles. The van der Waals surface area contributed by atoms with E-state index in [-0.39, 0.29) is 6.61 Å². The predicted octanol–water partition coefficient (Wildman–Crippen LogP) is 4.94. The number of thioether (sulfide) groups is 1. The molecule has 0 aliphatic rings. The van der Waals surface area contributed by atoms with Crippen LogP contribution in [-0.4, -0.2) is 32.5 Å². The van der Waals surface area contributed by atoms with Gasteiger partial charge < -0.3 is 10.1 Å². The van der Waals surface area contributed by atoms with Gasteiger partial charge in [0.25, 0.3) is 0 Å². The molecule has 0 amide bonds. The highest BCUT2D eigenvalue weighted by atomic mass is 32.2. The van der Waals surface area contributed by atoms with Crippen LogP contribution in [0.2, 0.25) is 0 Å². The first-order valence-corrected chi connectivity index (χ1v) is 11.4. The van der Waals surface area contributed by atoms with Gasteiger partial charge in [0.1, 0.15) is 19.3 Å². The summed E-state index contributed by atoms with van der Waals surface area (Å²) in [6.07, 6.45) is 0.715. The third kappa shape index (κ3) is 6.02. The summed E-state index contributed by atoms with van der Waals surface area (Å²) in [5.41, 5.74) is 1.32. The number of pyridine rings is 1. The highest BCUT2D eigenvalue weighted by molar-refractivity contribution is 7.98. The summed E-state index contributed by atoms with van der Waals surface area (Å²) < 4.78 is 46.8. The van der Waals surface area contributed by atoms with Gasteiger partial charge in [-0.15, -0.1) is 11.8 Å². The minimum Gasteiger partial charge on any atom is -0.473 e. The highest BCUT2D eigenvalue weighted by Crippen LogP contribution is 2.30. The summed E-state index contributed by atoms with van der Waals surface area (Å²) in [7, 11) is 0. The third-order valence-electron chi connectivity index (χ3n) is 4.99. The van der Waals surface area contributed by atoms with E-state index in [1.807, 2.05) is 30.5 Å². The van der Waals surface area contributed by atoms with Gasteiger partial charge in [-0.05, 0) is 42.2 Å². The maximum atomic E-state index is 13.0. The van der Waals surface area contributed by atoms with Crippen LogP contribution in [0.5, 0.6) is 5.88 Å². The highest BCUT2D eigenvalue weighted by Gasteiger charge is 2.30. The van der Waals surface area contributed by atoms with Crippen molar-refractivity contribution in [3.63, 3.8) is 0 Å². The summed E-state index contributed by atoms with van der Waals surface area (Å²) >= 11 is 1.61. The van der Waals surface area contributed by atoms with Gasteiger partial charge >= 0.3 is 6.18 Å². The topological polar surface area (TPSA) is 64.9 Å². The molecule has 0 atom stereocenters. The van der Waals surface area contributed by atoms with Crippen molar-refractivity contribution < 1.29 is 17.9 Å². The van der Waals surface area contributed by atoms with E-state index in [0.29, 0.717) is 31.1 Å². The molecule has 4 aromatic rings. The molecule has 0 fully saturated rings. The predicted molar refractivity (Wildman–Crippen MR) is 121 cm³/mol. The fourth-order valence-electron chi connectivity index (χ4n) is 3.31. The molecule has 0 aliphatic carbocycles. The smallest absolute Gasteiger partial charge is 0.416 e. The number of ether oxygens (including phenoxy) is 1. The molecule has 0 saturated heterocycles. The van der Waals surface area contributed by atoms with Crippen LogP contribution in [0.15, 0.2) is 66.1 Å². The van der Waals surface area contributed by atoms with Gasteiger partial charge in [-0.3, -0.25) is 4.68 Å². The number of rotatable bonds is 9. The van der Waals surface area contributed by atoms with E-state index in [1.54, 1.807) is 28.8 Å². The summed E-state index contributed by atoms with van der Waals surface area (Å²) in [6.45, 7) is 1.77. The average molecular weight is 474 g/mol. The molecule has 4 rings (SSSR count). The van der Waals surface area contributed by atoms with Crippen molar-refractivity contribution in [1.29, 1.82) is 0 Å². The molecule has 10 heteroatoms. The second-order valence-corrected chi connectivity index (χ2v) is 8.21. The summed E-state index contributed by atoms with van der Waals surface area (Å²) in [5.74, 6) is 0.395. The minimum absolute atomic E-state index is 0.0173. The van der Waals surface area contributed by atoms with Crippen molar-refractivity contribution in [2.45, 2.75) is 30.8 Å². The Morgan fingerprint density at radius 1 is 1.12 bits per heavy atom. The second kappa shape index (κ2) is 10.2. The fourth-order valence-corrected chi connectivity index (χ4v) is 3.74. The number of benzene rings is 2. The van der Waals surface area contributed by atoms with Crippen LogP contribution in [0.3, 0.4) is 0 Å². The quantitative estimate of drug-likeness (QED) is 0.275. The monoisotopic (exact) mass is 473 g/mol. The minimum atomic E-state index is -4.40. The number of nitrogens with one attached hydrogen (secondary N) is 1. The Morgan fingerprint density at radius 2 is 2.00 bits per heavy atom. The van der Waals surface area contributed by atoms with E-state index >= 15 is 0 Å². The van der Waals surface area contributed by atoms with E-state index in [4.69, 9.17) is 4.74 Å². The number of aromatic nitrogens is 4. The van der Waals surface area contributed by atoms with Crippen LogP contribution in [0.1, 0.15) is 16.7 Å². The SMILES string of the molecule is CSc1ccc2cc(CNCCn3cncn3)c(OCc3cccc(C(F)(F)F)c3)nc2c1. The molecule has 6 nitrogen and oxygen atoms in total. The summed E-state index contributed by atoms with van der Waals surface area (Å²) in [4.78, 5) is 9.66. The molecule has 1 N–H and O–H groups in total. The van der Waals surface area contributed by atoms with Crippen LogP contribution in [0.25, 0.3) is 10.9 Å². The largest absolute Gasteiger partial charge is 0.473 e. The van der Waals surface area contributed by atoms with Gasteiger partial charge in [0.15, 0.2) is 0 Å². The Morgan fingerprint density at radius 3 is 2.76 bits per heavy atom. The van der Waals surface area contributed by atoms with Crippen molar-refractivity contribution in [1.82, 2.24) is 25.1 Å². The standard InChI is InChI=1S/C23H22F3N5OS/c1-33-20-6-5-17-10-18(12-27-7-8-31-15-28-14-29-31)22(30-21(17)11-20)32-13-16-3-2-4-19(9-16)23(24,25)26/h2-6,9-11,14-15,27H,7-8,12-13H2,1H3. The zero-order valence-electron chi connectivity index (χ0n) is 17.8. The molecular formula is C23H22F3N5OS. The molecule has 0 radical (unpaired) electrons. The number of nitrogens with zero attached hydrogens (tertiary/aromatic N) is 4. The van der Waals surface area contributed by atoms with Crippen molar-refractivity contribution in [2.24, 2.45) is 0 Å². The van der Waals surface area contributed by atoms with Crippen LogP contribution in [-0.2, 0) is 25.9 Å². The Bertz CT molecular complexity index is 1210. The van der Waals surface area contributed by atoms with Gasteiger partial charge in [-0.25, -0.2) is 9.97 Å². The summed E-state index contributed by atoms with van der Waals surface area (Å²) in [6, 6.07) is 13.1. The lowest BCUT2D eigenvalue weighted by Gasteiger charge is -2.14. The Labute approximate surface area is 193 Å². The number of halogens is 3. The van der Waals surface area contributed by atoms with E-state index in [9.17, 15) is 13.2 Å². The molecule has 0 saturated carbocycles. The van der Waals surface area contributed by atoms with Crippen LogP contribution < -0.4 is 10.1 Å². The van der Waals surface area contributed by atoms with E-state index in [1.165, 1.54) is 12.4 Å². The third-order valence-corrected chi connectivity index (χ3v) is 5.72. The number of alkyl halides is 3. The molecule has 0 aliphatic heterocycles. The first-order valence-electron chi connectivity index (χ1n) is 10.2. The van der Waals surface area contributed by atoms with Gasteiger partial charge in [0.2, 0.25) is 5.88 Å². The van der Waals surface area contributed by atoms with Gasteiger partial charge in [0.05, 0.1) is 17.6 Å². The number of hydrogen-bond acceptors (Lipinski definition) is 6. The van der Waals surface area contributed by atoms with Gasteiger partial charge in [-0.1, -0.05) is 18.2 Å². The maximum Gasteiger partial charge on any atom is 0.416 e. The molecule has 33 heavy (non-hydrogen) atoms. The number of hydrogen-bond donors (Lipinski definition) is 1. The van der Waals surface area contributed by atoms with Crippen LogP contribution in [0, 0.1) is 0 Å². The Hall–Kier alpha value is -3.11. The van der Waals surface area contributed by atoms with E-state index in [2.05, 4.69) is 20.4 Å².